The Labute approximate surface area is 174 Å². The van der Waals surface area contributed by atoms with Crippen molar-refractivity contribution in [3.05, 3.63) is 64.7 Å². The molecule has 0 aromatic heterocycles. The highest BCUT2D eigenvalue weighted by Gasteiger charge is 2.27. The average molecular weight is 395 g/mol. The van der Waals surface area contributed by atoms with E-state index in [0.717, 1.165) is 49.0 Å². The SMILES string of the molecule is Cc1cc(O)cc(C)c1C[C@H](N)C(=O)N1CCC(CCCc2ccccc2)CC1. The zero-order valence-corrected chi connectivity index (χ0v) is 17.7. The number of nitrogens with two attached hydrogens (primary N) is 1. The summed E-state index contributed by atoms with van der Waals surface area (Å²) in [4.78, 5) is 14.8. The van der Waals surface area contributed by atoms with Crippen molar-refractivity contribution in [1.82, 2.24) is 4.90 Å². The van der Waals surface area contributed by atoms with Crippen LogP contribution >= 0.6 is 0 Å². The van der Waals surface area contributed by atoms with Crippen molar-refractivity contribution in [3.63, 3.8) is 0 Å². The van der Waals surface area contributed by atoms with Gasteiger partial charge >= 0.3 is 0 Å². The fourth-order valence-corrected chi connectivity index (χ4v) is 4.52. The first-order chi connectivity index (χ1) is 13.9. The molecule has 0 radical (unpaired) electrons. The van der Waals surface area contributed by atoms with Crippen molar-refractivity contribution in [3.8, 4) is 5.75 Å². The third-order valence-corrected chi connectivity index (χ3v) is 6.27. The quantitative estimate of drug-likeness (QED) is 0.742. The smallest absolute Gasteiger partial charge is 0.239 e. The van der Waals surface area contributed by atoms with Gasteiger partial charge in [-0.05, 0) is 92.7 Å². The second-order valence-electron chi connectivity index (χ2n) is 8.52. The number of aromatic hydroxyl groups is 1. The van der Waals surface area contributed by atoms with Crippen molar-refractivity contribution >= 4 is 5.91 Å². The van der Waals surface area contributed by atoms with E-state index >= 15 is 0 Å². The largest absolute Gasteiger partial charge is 0.508 e. The Bertz CT molecular complexity index is 788. The number of rotatable bonds is 7. The molecular formula is C25H34N2O2. The van der Waals surface area contributed by atoms with Crippen LogP contribution in [0.5, 0.6) is 5.75 Å². The van der Waals surface area contributed by atoms with Gasteiger partial charge in [0, 0.05) is 13.1 Å². The predicted octanol–water partition coefficient (Wildman–Crippen LogP) is 4.14. The zero-order valence-electron chi connectivity index (χ0n) is 17.7. The predicted molar refractivity (Wildman–Crippen MR) is 118 cm³/mol. The van der Waals surface area contributed by atoms with E-state index in [1.165, 1.54) is 18.4 Å². The van der Waals surface area contributed by atoms with Crippen molar-refractivity contribution in [1.29, 1.82) is 0 Å². The van der Waals surface area contributed by atoms with Gasteiger partial charge in [0.05, 0.1) is 6.04 Å². The Morgan fingerprint density at radius 3 is 2.38 bits per heavy atom. The first-order valence-corrected chi connectivity index (χ1v) is 10.8. The summed E-state index contributed by atoms with van der Waals surface area (Å²) in [6, 6.07) is 13.6. The molecule has 0 bridgehead atoms. The Morgan fingerprint density at radius 2 is 1.76 bits per heavy atom. The number of amides is 1. The molecule has 2 aromatic rings. The first kappa shape index (κ1) is 21.4. The maximum absolute atomic E-state index is 12.8. The van der Waals surface area contributed by atoms with E-state index in [9.17, 15) is 9.90 Å². The minimum Gasteiger partial charge on any atom is -0.508 e. The number of likely N-dealkylation sites (tertiary alicyclic amines) is 1. The number of hydrogen-bond acceptors (Lipinski definition) is 3. The normalized spacial score (nSPS) is 16.0. The zero-order chi connectivity index (χ0) is 20.8. The Kier molecular flexibility index (Phi) is 7.32. The van der Waals surface area contributed by atoms with Gasteiger partial charge in [0.15, 0.2) is 0 Å². The van der Waals surface area contributed by atoms with Crippen LogP contribution in [-0.2, 0) is 17.6 Å². The Hall–Kier alpha value is -2.33. The van der Waals surface area contributed by atoms with Crippen LogP contribution in [0.1, 0.15) is 47.9 Å². The molecule has 29 heavy (non-hydrogen) atoms. The summed E-state index contributed by atoms with van der Waals surface area (Å²) in [5.74, 6) is 1.03. The molecule has 1 amide bonds. The number of nitrogens with zero attached hydrogens (tertiary/aromatic N) is 1. The molecule has 3 N–H and O–H groups in total. The summed E-state index contributed by atoms with van der Waals surface area (Å²) >= 11 is 0. The lowest BCUT2D eigenvalue weighted by atomic mass is 9.90. The van der Waals surface area contributed by atoms with Gasteiger partial charge in [-0.15, -0.1) is 0 Å². The number of hydrogen-bond donors (Lipinski definition) is 2. The van der Waals surface area contributed by atoms with E-state index < -0.39 is 6.04 Å². The van der Waals surface area contributed by atoms with Crippen LogP contribution in [0.3, 0.4) is 0 Å². The molecular weight excluding hydrogens is 360 g/mol. The van der Waals surface area contributed by atoms with Crippen molar-refractivity contribution < 1.29 is 9.90 Å². The van der Waals surface area contributed by atoms with Crippen LogP contribution in [-0.4, -0.2) is 35.0 Å². The lowest BCUT2D eigenvalue weighted by Crippen LogP contribution is -2.48. The van der Waals surface area contributed by atoms with E-state index in [0.29, 0.717) is 12.3 Å². The van der Waals surface area contributed by atoms with Gasteiger partial charge in [-0.1, -0.05) is 30.3 Å². The highest BCUT2D eigenvalue weighted by Crippen LogP contribution is 2.25. The maximum Gasteiger partial charge on any atom is 0.239 e. The standard InChI is InChI=1S/C25H34N2O2/c1-18-15-22(28)16-19(2)23(18)17-24(26)25(29)27-13-11-21(12-14-27)10-6-9-20-7-4-3-5-8-20/h3-5,7-8,15-16,21,24,28H,6,9-14,17,26H2,1-2H3/t24-/m0/s1. The van der Waals surface area contributed by atoms with Crippen LogP contribution in [0.2, 0.25) is 0 Å². The van der Waals surface area contributed by atoms with E-state index in [-0.39, 0.29) is 11.7 Å². The summed E-state index contributed by atoms with van der Waals surface area (Å²) in [5, 5.41) is 9.71. The molecule has 0 spiro atoms. The van der Waals surface area contributed by atoms with E-state index in [1.54, 1.807) is 12.1 Å². The van der Waals surface area contributed by atoms with Crippen LogP contribution in [0.15, 0.2) is 42.5 Å². The molecule has 0 saturated carbocycles. The molecule has 3 rings (SSSR count). The van der Waals surface area contributed by atoms with Crippen LogP contribution in [0, 0.1) is 19.8 Å². The van der Waals surface area contributed by atoms with E-state index in [2.05, 4.69) is 30.3 Å². The van der Waals surface area contributed by atoms with Gasteiger partial charge in [-0.2, -0.15) is 0 Å². The summed E-state index contributed by atoms with van der Waals surface area (Å²) in [6.45, 7) is 5.55. The minimum atomic E-state index is -0.522. The third-order valence-electron chi connectivity index (χ3n) is 6.27. The Morgan fingerprint density at radius 1 is 1.14 bits per heavy atom. The van der Waals surface area contributed by atoms with E-state index in [1.807, 2.05) is 18.7 Å². The fourth-order valence-electron chi connectivity index (χ4n) is 4.52. The van der Waals surface area contributed by atoms with Gasteiger partial charge in [0.25, 0.3) is 0 Å². The number of phenolic OH excluding ortho intramolecular Hbond substituents is 1. The van der Waals surface area contributed by atoms with Crippen LogP contribution in [0.25, 0.3) is 0 Å². The highest BCUT2D eigenvalue weighted by molar-refractivity contribution is 5.82. The number of benzene rings is 2. The van der Waals surface area contributed by atoms with Gasteiger partial charge < -0.3 is 15.7 Å². The summed E-state index contributed by atoms with van der Waals surface area (Å²) in [7, 11) is 0. The number of carbonyl (C=O) groups is 1. The van der Waals surface area contributed by atoms with Gasteiger partial charge in [-0.25, -0.2) is 0 Å². The number of piperidine rings is 1. The highest BCUT2D eigenvalue weighted by atomic mass is 16.3. The minimum absolute atomic E-state index is 0.0552. The molecule has 1 heterocycles. The second-order valence-corrected chi connectivity index (χ2v) is 8.52. The van der Waals surface area contributed by atoms with Crippen LogP contribution in [0.4, 0.5) is 0 Å². The average Bonchev–Trinajstić information content (AvgIpc) is 2.71. The van der Waals surface area contributed by atoms with Crippen molar-refractivity contribution in [2.75, 3.05) is 13.1 Å². The maximum atomic E-state index is 12.8. The molecule has 1 saturated heterocycles. The van der Waals surface area contributed by atoms with Gasteiger partial charge in [-0.3, -0.25) is 4.79 Å². The topological polar surface area (TPSA) is 66.6 Å². The van der Waals surface area contributed by atoms with E-state index in [4.69, 9.17) is 5.73 Å². The molecule has 1 atom stereocenters. The molecule has 0 unspecified atom stereocenters. The fraction of sp³-hybridized carbons (Fsp3) is 0.480. The lowest BCUT2D eigenvalue weighted by Gasteiger charge is -2.33. The first-order valence-electron chi connectivity index (χ1n) is 10.8. The second kappa shape index (κ2) is 9.93. The molecule has 1 fully saturated rings. The molecule has 4 heteroatoms. The van der Waals surface area contributed by atoms with Gasteiger partial charge in [0.2, 0.25) is 5.91 Å². The molecule has 2 aromatic carbocycles. The third kappa shape index (κ3) is 5.83. The summed E-state index contributed by atoms with van der Waals surface area (Å²) in [6.07, 6.45) is 6.25. The molecule has 1 aliphatic rings. The van der Waals surface area contributed by atoms with Crippen LogP contribution < -0.4 is 5.73 Å². The molecule has 0 aliphatic carbocycles. The number of aryl methyl sites for hydroxylation is 3. The monoisotopic (exact) mass is 394 g/mol. The molecule has 156 valence electrons. The number of carbonyl (C=O) groups excluding carboxylic acids is 1. The van der Waals surface area contributed by atoms with Crippen molar-refractivity contribution in [2.45, 2.75) is 58.4 Å². The lowest BCUT2D eigenvalue weighted by molar-refractivity contribution is -0.134. The summed E-state index contributed by atoms with van der Waals surface area (Å²) < 4.78 is 0. The van der Waals surface area contributed by atoms with Gasteiger partial charge in [0.1, 0.15) is 5.75 Å². The molecule has 1 aliphatic heterocycles. The Balaban J connectivity index is 1.44. The van der Waals surface area contributed by atoms with Crippen molar-refractivity contribution in [2.24, 2.45) is 11.7 Å². The summed E-state index contributed by atoms with van der Waals surface area (Å²) in [5.41, 5.74) is 10.7. The number of phenols is 1. The molecule has 4 nitrogen and oxygen atoms in total.